The van der Waals surface area contributed by atoms with Crippen LogP contribution in [0.15, 0.2) is 0 Å². The molecule has 4 heteroatoms. The fraction of sp³-hybridized carbons (Fsp3) is 1.00. The maximum absolute atomic E-state index is 12.0. The highest BCUT2D eigenvalue weighted by Crippen LogP contribution is 2.28. The van der Waals surface area contributed by atoms with Crippen LogP contribution < -0.4 is 0 Å². The first-order valence-corrected chi connectivity index (χ1v) is 5.72. The summed E-state index contributed by atoms with van der Waals surface area (Å²) in [6, 6.07) is 0. The van der Waals surface area contributed by atoms with Crippen molar-refractivity contribution in [1.82, 2.24) is 4.90 Å². The predicted molar refractivity (Wildman–Crippen MR) is 56.1 cm³/mol. The van der Waals surface area contributed by atoms with Gasteiger partial charge in [0, 0.05) is 6.54 Å². The Morgan fingerprint density at radius 1 is 1.27 bits per heavy atom. The molecule has 15 heavy (non-hydrogen) atoms. The molecule has 1 fully saturated rings. The maximum Gasteiger partial charge on any atom is 0.251 e. The van der Waals surface area contributed by atoms with Gasteiger partial charge in [0.2, 0.25) is 0 Å². The molecule has 90 valence electrons. The zero-order valence-corrected chi connectivity index (χ0v) is 9.33. The SMILES string of the molecule is CN(CC(F)F)CC(O)CC1CCCC1. The van der Waals surface area contributed by atoms with Crippen LogP contribution in [0.4, 0.5) is 8.78 Å². The van der Waals surface area contributed by atoms with Gasteiger partial charge in [0.1, 0.15) is 0 Å². The largest absolute Gasteiger partial charge is 0.392 e. The summed E-state index contributed by atoms with van der Waals surface area (Å²) in [5.74, 6) is 0.611. The number of halogens is 2. The second-order valence-corrected chi connectivity index (χ2v) is 4.65. The van der Waals surface area contributed by atoms with E-state index in [-0.39, 0.29) is 6.54 Å². The summed E-state index contributed by atoms with van der Waals surface area (Å²) >= 11 is 0. The molecule has 0 bridgehead atoms. The summed E-state index contributed by atoms with van der Waals surface area (Å²) in [7, 11) is 1.63. The Morgan fingerprint density at radius 2 is 1.87 bits per heavy atom. The minimum absolute atomic E-state index is 0.248. The van der Waals surface area contributed by atoms with E-state index >= 15 is 0 Å². The zero-order chi connectivity index (χ0) is 11.3. The number of nitrogens with zero attached hydrogens (tertiary/aromatic N) is 1. The van der Waals surface area contributed by atoms with Gasteiger partial charge in [-0.1, -0.05) is 25.7 Å². The summed E-state index contributed by atoms with van der Waals surface area (Å²) in [4.78, 5) is 1.50. The van der Waals surface area contributed by atoms with Crippen LogP contribution in [0, 0.1) is 5.92 Å². The Morgan fingerprint density at radius 3 is 2.40 bits per heavy atom. The molecule has 0 aliphatic heterocycles. The van der Waals surface area contributed by atoms with Gasteiger partial charge in [0.15, 0.2) is 0 Å². The van der Waals surface area contributed by atoms with Crippen molar-refractivity contribution in [3.05, 3.63) is 0 Å². The quantitative estimate of drug-likeness (QED) is 0.742. The maximum atomic E-state index is 12.0. The number of aliphatic hydroxyl groups excluding tert-OH is 1. The van der Waals surface area contributed by atoms with Gasteiger partial charge < -0.3 is 5.11 Å². The van der Waals surface area contributed by atoms with Gasteiger partial charge >= 0.3 is 0 Å². The van der Waals surface area contributed by atoms with Gasteiger partial charge in [-0.15, -0.1) is 0 Å². The normalized spacial score (nSPS) is 20.4. The second kappa shape index (κ2) is 6.38. The van der Waals surface area contributed by atoms with Crippen molar-refractivity contribution >= 4 is 0 Å². The van der Waals surface area contributed by atoms with Crippen LogP contribution in [0.5, 0.6) is 0 Å². The number of hydrogen-bond donors (Lipinski definition) is 1. The molecule has 2 nitrogen and oxygen atoms in total. The lowest BCUT2D eigenvalue weighted by atomic mass is 10.00. The molecule has 0 spiro atoms. The van der Waals surface area contributed by atoms with Crippen LogP contribution >= 0.6 is 0 Å². The van der Waals surface area contributed by atoms with E-state index in [1.165, 1.54) is 30.6 Å². The minimum atomic E-state index is -2.31. The van der Waals surface area contributed by atoms with Gasteiger partial charge in [0.05, 0.1) is 12.6 Å². The van der Waals surface area contributed by atoms with Crippen LogP contribution in [0.3, 0.4) is 0 Å². The Balaban J connectivity index is 2.13. The lowest BCUT2D eigenvalue weighted by Gasteiger charge is -2.22. The van der Waals surface area contributed by atoms with Crippen molar-refractivity contribution in [2.75, 3.05) is 20.1 Å². The lowest BCUT2D eigenvalue weighted by Crippen LogP contribution is -2.33. The second-order valence-electron chi connectivity index (χ2n) is 4.65. The molecule has 1 atom stereocenters. The third-order valence-corrected chi connectivity index (χ3v) is 3.05. The molecule has 1 N–H and O–H groups in total. The van der Waals surface area contributed by atoms with Crippen LogP contribution in [-0.4, -0.2) is 42.7 Å². The molecule has 0 saturated heterocycles. The molecule has 1 saturated carbocycles. The van der Waals surface area contributed by atoms with Crippen molar-refractivity contribution in [3.8, 4) is 0 Å². The Hall–Kier alpha value is -0.220. The Labute approximate surface area is 90.3 Å². The van der Waals surface area contributed by atoms with E-state index in [9.17, 15) is 13.9 Å². The van der Waals surface area contributed by atoms with E-state index < -0.39 is 12.5 Å². The molecule has 0 aromatic rings. The number of alkyl halides is 2. The molecular formula is C11H21F2NO. The topological polar surface area (TPSA) is 23.5 Å². The fourth-order valence-electron chi connectivity index (χ4n) is 2.38. The summed E-state index contributed by atoms with van der Waals surface area (Å²) in [6.45, 7) is 0.114. The number of hydrogen-bond acceptors (Lipinski definition) is 2. The minimum Gasteiger partial charge on any atom is -0.392 e. The number of likely N-dealkylation sites (N-methyl/N-ethyl adjacent to an activating group) is 1. The van der Waals surface area contributed by atoms with Crippen LogP contribution in [0.2, 0.25) is 0 Å². The van der Waals surface area contributed by atoms with Gasteiger partial charge in [-0.3, -0.25) is 4.90 Å². The van der Waals surface area contributed by atoms with E-state index in [1.54, 1.807) is 7.05 Å². The first-order valence-electron chi connectivity index (χ1n) is 5.72. The van der Waals surface area contributed by atoms with E-state index in [0.717, 1.165) is 6.42 Å². The number of aliphatic hydroxyl groups is 1. The third kappa shape index (κ3) is 5.42. The smallest absolute Gasteiger partial charge is 0.251 e. The monoisotopic (exact) mass is 221 g/mol. The summed E-state index contributed by atoms with van der Waals surface area (Å²) in [5, 5.41) is 9.71. The average molecular weight is 221 g/mol. The van der Waals surface area contributed by atoms with Crippen LogP contribution in [0.25, 0.3) is 0 Å². The van der Waals surface area contributed by atoms with Gasteiger partial charge in [-0.05, 0) is 19.4 Å². The molecule has 1 aliphatic carbocycles. The molecule has 1 aliphatic rings. The van der Waals surface area contributed by atoms with Crippen LogP contribution in [0.1, 0.15) is 32.1 Å². The molecule has 0 radical (unpaired) electrons. The van der Waals surface area contributed by atoms with E-state index in [2.05, 4.69) is 0 Å². The Kier molecular flexibility index (Phi) is 5.47. The van der Waals surface area contributed by atoms with E-state index in [4.69, 9.17) is 0 Å². The summed E-state index contributed by atoms with van der Waals surface area (Å²) in [6.07, 6.45) is 2.90. The number of rotatable bonds is 6. The highest BCUT2D eigenvalue weighted by Gasteiger charge is 2.20. The first kappa shape index (κ1) is 12.8. The summed E-state index contributed by atoms with van der Waals surface area (Å²) < 4.78 is 24.0. The summed E-state index contributed by atoms with van der Waals surface area (Å²) in [5.41, 5.74) is 0. The lowest BCUT2D eigenvalue weighted by molar-refractivity contribution is 0.0593. The van der Waals surface area contributed by atoms with Crippen molar-refractivity contribution < 1.29 is 13.9 Å². The fourth-order valence-corrected chi connectivity index (χ4v) is 2.38. The van der Waals surface area contributed by atoms with E-state index in [0.29, 0.717) is 12.5 Å². The zero-order valence-electron chi connectivity index (χ0n) is 9.33. The Bertz CT molecular complexity index is 172. The standard InChI is InChI=1S/C11H21F2NO/c1-14(8-11(12)13)7-10(15)6-9-4-2-3-5-9/h9-11,15H,2-8H2,1H3. The highest BCUT2D eigenvalue weighted by molar-refractivity contribution is 4.72. The molecular weight excluding hydrogens is 200 g/mol. The molecule has 0 aromatic heterocycles. The predicted octanol–water partition coefficient (Wildman–Crippen LogP) is 2.12. The first-order chi connectivity index (χ1) is 7.08. The van der Waals surface area contributed by atoms with Gasteiger partial charge in [-0.2, -0.15) is 0 Å². The van der Waals surface area contributed by atoms with E-state index in [1.807, 2.05) is 0 Å². The third-order valence-electron chi connectivity index (χ3n) is 3.05. The van der Waals surface area contributed by atoms with Crippen molar-refractivity contribution in [2.45, 2.75) is 44.6 Å². The van der Waals surface area contributed by atoms with Crippen LogP contribution in [-0.2, 0) is 0 Å². The average Bonchev–Trinajstić information content (AvgIpc) is 2.53. The van der Waals surface area contributed by atoms with Crippen molar-refractivity contribution in [1.29, 1.82) is 0 Å². The van der Waals surface area contributed by atoms with Crippen molar-refractivity contribution in [3.63, 3.8) is 0 Å². The van der Waals surface area contributed by atoms with Crippen molar-refractivity contribution in [2.24, 2.45) is 5.92 Å². The molecule has 0 amide bonds. The van der Waals surface area contributed by atoms with Gasteiger partial charge in [0.25, 0.3) is 6.43 Å². The molecule has 0 aromatic carbocycles. The highest BCUT2D eigenvalue weighted by atomic mass is 19.3. The molecule has 1 rings (SSSR count). The molecule has 1 unspecified atom stereocenters. The van der Waals surface area contributed by atoms with Gasteiger partial charge in [-0.25, -0.2) is 8.78 Å². The molecule has 0 heterocycles.